The molecular formula is C11H14O2. The number of aryl methyl sites for hydroxylation is 1. The van der Waals surface area contributed by atoms with E-state index in [0.29, 0.717) is 5.56 Å². The first-order valence-corrected chi connectivity index (χ1v) is 4.35. The van der Waals surface area contributed by atoms with Crippen LogP contribution < -0.4 is 0 Å². The highest BCUT2D eigenvalue weighted by Crippen LogP contribution is 2.28. The fourth-order valence-electron chi connectivity index (χ4n) is 1.36. The number of aldehydes is 1. The first-order chi connectivity index (χ1) is 6.07. The van der Waals surface area contributed by atoms with E-state index in [1.165, 1.54) is 0 Å². The third-order valence-corrected chi connectivity index (χ3v) is 2.19. The van der Waals surface area contributed by atoms with Crippen LogP contribution in [0.1, 0.15) is 41.3 Å². The average Bonchev–Trinajstić information content (AvgIpc) is 2.09. The molecule has 0 fully saturated rings. The van der Waals surface area contributed by atoms with Crippen molar-refractivity contribution in [3.63, 3.8) is 0 Å². The van der Waals surface area contributed by atoms with Crippen LogP contribution in [-0.2, 0) is 0 Å². The van der Waals surface area contributed by atoms with Gasteiger partial charge in [0.15, 0.2) is 6.29 Å². The van der Waals surface area contributed by atoms with E-state index in [1.807, 2.05) is 26.0 Å². The Bertz CT molecular complexity index is 327. The molecule has 0 amide bonds. The summed E-state index contributed by atoms with van der Waals surface area (Å²) in [5.41, 5.74) is 2.07. The molecule has 0 radical (unpaired) electrons. The first kappa shape index (κ1) is 9.78. The maximum atomic E-state index is 10.7. The molecule has 0 spiro atoms. The van der Waals surface area contributed by atoms with Crippen LogP contribution in [0.25, 0.3) is 0 Å². The molecule has 1 N–H and O–H groups in total. The molecule has 0 aromatic heterocycles. The van der Waals surface area contributed by atoms with Gasteiger partial charge in [-0.2, -0.15) is 0 Å². The molecule has 0 aliphatic heterocycles. The lowest BCUT2D eigenvalue weighted by atomic mass is 9.95. The van der Waals surface area contributed by atoms with Gasteiger partial charge in [-0.05, 0) is 24.0 Å². The zero-order valence-corrected chi connectivity index (χ0v) is 8.16. The molecule has 0 heterocycles. The minimum atomic E-state index is 0.112. The summed E-state index contributed by atoms with van der Waals surface area (Å²) in [6.45, 7) is 5.78. The summed E-state index contributed by atoms with van der Waals surface area (Å²) in [5.74, 6) is 0.368. The fraction of sp³-hybridized carbons (Fsp3) is 0.364. The smallest absolute Gasteiger partial charge is 0.154 e. The molecule has 0 saturated carbocycles. The summed E-state index contributed by atoms with van der Waals surface area (Å²) < 4.78 is 0. The first-order valence-electron chi connectivity index (χ1n) is 4.35. The Morgan fingerprint density at radius 1 is 1.38 bits per heavy atom. The van der Waals surface area contributed by atoms with Gasteiger partial charge in [0.1, 0.15) is 5.75 Å². The molecule has 0 aliphatic rings. The zero-order valence-electron chi connectivity index (χ0n) is 8.16. The van der Waals surface area contributed by atoms with Crippen LogP contribution in [0.4, 0.5) is 0 Å². The van der Waals surface area contributed by atoms with Gasteiger partial charge >= 0.3 is 0 Å². The SMILES string of the molecule is Cc1ccc(C(C)C)c(C=O)c1O. The van der Waals surface area contributed by atoms with Gasteiger partial charge in [-0.3, -0.25) is 4.79 Å². The van der Waals surface area contributed by atoms with Gasteiger partial charge < -0.3 is 5.11 Å². The van der Waals surface area contributed by atoms with E-state index in [1.54, 1.807) is 6.92 Å². The molecule has 1 rings (SSSR count). The molecule has 0 unspecified atom stereocenters. The van der Waals surface area contributed by atoms with Gasteiger partial charge in [0.2, 0.25) is 0 Å². The molecule has 0 bridgehead atoms. The Hall–Kier alpha value is -1.31. The molecular weight excluding hydrogens is 164 g/mol. The number of carbonyl (C=O) groups is 1. The van der Waals surface area contributed by atoms with Crippen molar-refractivity contribution < 1.29 is 9.90 Å². The molecule has 0 aliphatic carbocycles. The summed E-state index contributed by atoms with van der Waals surface area (Å²) in [4.78, 5) is 10.7. The van der Waals surface area contributed by atoms with Crippen LogP contribution in [0.15, 0.2) is 12.1 Å². The van der Waals surface area contributed by atoms with Crippen molar-refractivity contribution in [1.29, 1.82) is 0 Å². The number of phenols is 1. The lowest BCUT2D eigenvalue weighted by Gasteiger charge is -2.11. The Morgan fingerprint density at radius 3 is 2.46 bits per heavy atom. The van der Waals surface area contributed by atoms with E-state index in [4.69, 9.17) is 0 Å². The van der Waals surface area contributed by atoms with E-state index >= 15 is 0 Å². The van der Waals surface area contributed by atoms with Gasteiger partial charge in [-0.15, -0.1) is 0 Å². The van der Waals surface area contributed by atoms with E-state index in [2.05, 4.69) is 0 Å². The minimum absolute atomic E-state index is 0.112. The summed E-state index contributed by atoms with van der Waals surface area (Å²) >= 11 is 0. The van der Waals surface area contributed by atoms with Gasteiger partial charge in [-0.1, -0.05) is 26.0 Å². The van der Waals surface area contributed by atoms with Gasteiger partial charge in [0.25, 0.3) is 0 Å². The van der Waals surface area contributed by atoms with Crippen molar-refractivity contribution in [2.24, 2.45) is 0 Å². The maximum Gasteiger partial charge on any atom is 0.154 e. The van der Waals surface area contributed by atoms with Crippen LogP contribution in [-0.4, -0.2) is 11.4 Å². The molecule has 0 saturated heterocycles. The highest BCUT2D eigenvalue weighted by atomic mass is 16.3. The Kier molecular flexibility index (Phi) is 2.71. The number of benzene rings is 1. The monoisotopic (exact) mass is 178 g/mol. The highest BCUT2D eigenvalue weighted by Gasteiger charge is 2.11. The normalized spacial score (nSPS) is 10.5. The van der Waals surface area contributed by atoms with Crippen molar-refractivity contribution in [2.75, 3.05) is 0 Å². The lowest BCUT2D eigenvalue weighted by molar-refractivity contribution is 0.111. The fourth-order valence-corrected chi connectivity index (χ4v) is 1.36. The van der Waals surface area contributed by atoms with Crippen molar-refractivity contribution in [3.8, 4) is 5.75 Å². The number of phenolic OH excluding ortho intramolecular Hbond substituents is 1. The molecule has 2 nitrogen and oxygen atoms in total. The Morgan fingerprint density at radius 2 is 2.00 bits per heavy atom. The second-order valence-corrected chi connectivity index (χ2v) is 3.51. The third-order valence-electron chi connectivity index (χ3n) is 2.19. The van der Waals surface area contributed by atoms with Crippen molar-refractivity contribution >= 4 is 6.29 Å². The number of hydrogen-bond donors (Lipinski definition) is 1. The maximum absolute atomic E-state index is 10.7. The average molecular weight is 178 g/mol. The van der Waals surface area contributed by atoms with Crippen LogP contribution in [0, 0.1) is 6.92 Å². The molecule has 13 heavy (non-hydrogen) atoms. The summed E-state index contributed by atoms with van der Waals surface area (Å²) in [5, 5.41) is 9.60. The van der Waals surface area contributed by atoms with E-state index in [-0.39, 0.29) is 11.7 Å². The van der Waals surface area contributed by atoms with Crippen LogP contribution in [0.2, 0.25) is 0 Å². The molecule has 1 aromatic rings. The number of rotatable bonds is 2. The zero-order chi connectivity index (χ0) is 10.0. The van der Waals surface area contributed by atoms with Crippen molar-refractivity contribution in [1.82, 2.24) is 0 Å². The summed E-state index contributed by atoms with van der Waals surface area (Å²) in [6, 6.07) is 3.72. The van der Waals surface area contributed by atoms with Crippen LogP contribution >= 0.6 is 0 Å². The molecule has 70 valence electrons. The highest BCUT2D eigenvalue weighted by molar-refractivity contribution is 5.82. The third kappa shape index (κ3) is 1.72. The van der Waals surface area contributed by atoms with Gasteiger partial charge in [0.05, 0.1) is 5.56 Å². The predicted octanol–water partition coefficient (Wildman–Crippen LogP) is 2.64. The van der Waals surface area contributed by atoms with Gasteiger partial charge in [0, 0.05) is 0 Å². The summed E-state index contributed by atoms with van der Waals surface area (Å²) in [7, 11) is 0. The molecule has 0 atom stereocenters. The predicted molar refractivity (Wildman–Crippen MR) is 52.3 cm³/mol. The Labute approximate surface area is 78.2 Å². The lowest BCUT2D eigenvalue weighted by Crippen LogP contribution is -1.96. The van der Waals surface area contributed by atoms with Crippen LogP contribution in [0.3, 0.4) is 0 Å². The van der Waals surface area contributed by atoms with Gasteiger partial charge in [-0.25, -0.2) is 0 Å². The molecule has 2 heteroatoms. The quantitative estimate of drug-likeness (QED) is 0.707. The minimum Gasteiger partial charge on any atom is -0.507 e. The second kappa shape index (κ2) is 3.60. The Balaban J connectivity index is 3.38. The number of hydrogen-bond acceptors (Lipinski definition) is 2. The molecule has 1 aromatic carbocycles. The van der Waals surface area contributed by atoms with E-state index in [0.717, 1.165) is 17.4 Å². The number of aromatic hydroxyl groups is 1. The van der Waals surface area contributed by atoms with Crippen molar-refractivity contribution in [3.05, 3.63) is 28.8 Å². The second-order valence-electron chi connectivity index (χ2n) is 3.51. The standard InChI is InChI=1S/C11H14O2/c1-7(2)9-5-4-8(3)11(13)10(9)6-12/h4-7,13H,1-3H3. The topological polar surface area (TPSA) is 37.3 Å². The largest absolute Gasteiger partial charge is 0.507 e. The van der Waals surface area contributed by atoms with Crippen molar-refractivity contribution in [2.45, 2.75) is 26.7 Å². The van der Waals surface area contributed by atoms with E-state index < -0.39 is 0 Å². The van der Waals surface area contributed by atoms with E-state index in [9.17, 15) is 9.90 Å². The summed E-state index contributed by atoms with van der Waals surface area (Å²) in [6.07, 6.45) is 0.720. The number of carbonyl (C=O) groups excluding carboxylic acids is 1. The van der Waals surface area contributed by atoms with Crippen LogP contribution in [0.5, 0.6) is 5.75 Å².